The summed E-state index contributed by atoms with van der Waals surface area (Å²) in [4.78, 5) is 19.9. The summed E-state index contributed by atoms with van der Waals surface area (Å²) in [6, 6.07) is 6.95. The highest BCUT2D eigenvalue weighted by Crippen LogP contribution is 2.20. The summed E-state index contributed by atoms with van der Waals surface area (Å²) < 4.78 is 0. The van der Waals surface area contributed by atoms with Gasteiger partial charge in [-0.05, 0) is 31.2 Å². The molecular formula is C14H17N5O. The van der Waals surface area contributed by atoms with Gasteiger partial charge in [0.15, 0.2) is 0 Å². The minimum Gasteiger partial charge on any atom is -0.397 e. The summed E-state index contributed by atoms with van der Waals surface area (Å²) in [7, 11) is 1.59. The van der Waals surface area contributed by atoms with Gasteiger partial charge in [0.2, 0.25) is 0 Å². The number of amides is 1. The Kier molecular flexibility index (Phi) is 4.14. The number of nitrogen functional groups attached to an aromatic ring is 1. The number of hydrogen-bond acceptors (Lipinski definition) is 5. The normalized spacial score (nSPS) is 10.1. The van der Waals surface area contributed by atoms with Crippen molar-refractivity contribution in [2.24, 2.45) is 0 Å². The van der Waals surface area contributed by atoms with Gasteiger partial charge in [0.05, 0.1) is 23.6 Å². The minimum absolute atomic E-state index is 0.147. The average Bonchev–Trinajstić information content (AvgIpc) is 2.45. The molecular weight excluding hydrogens is 254 g/mol. The molecule has 0 aliphatic carbocycles. The van der Waals surface area contributed by atoms with E-state index in [1.165, 1.54) is 0 Å². The standard InChI is InChI=1S/C14H17N5O/c1-9-17-6-5-11(19-9)8-18-13-7-10(14(20)16-2)3-4-12(13)15/h3-7,18H,8,15H2,1-2H3,(H,16,20). The average molecular weight is 271 g/mol. The van der Waals surface area contributed by atoms with Gasteiger partial charge in [-0.1, -0.05) is 0 Å². The van der Waals surface area contributed by atoms with Gasteiger partial charge in [-0.3, -0.25) is 4.79 Å². The topological polar surface area (TPSA) is 92.9 Å². The van der Waals surface area contributed by atoms with E-state index >= 15 is 0 Å². The van der Waals surface area contributed by atoms with Crippen LogP contribution in [0.2, 0.25) is 0 Å². The Morgan fingerprint density at radius 3 is 2.85 bits per heavy atom. The molecule has 6 heteroatoms. The number of carbonyl (C=O) groups is 1. The number of nitrogens with two attached hydrogens (primary N) is 1. The highest BCUT2D eigenvalue weighted by molar-refractivity contribution is 5.96. The largest absolute Gasteiger partial charge is 0.397 e. The van der Waals surface area contributed by atoms with Crippen LogP contribution < -0.4 is 16.4 Å². The molecule has 1 aromatic carbocycles. The van der Waals surface area contributed by atoms with Crippen LogP contribution in [0.1, 0.15) is 21.9 Å². The summed E-state index contributed by atoms with van der Waals surface area (Å²) in [6.07, 6.45) is 1.71. The van der Waals surface area contributed by atoms with Crippen LogP contribution in [0.25, 0.3) is 0 Å². The number of nitrogens with one attached hydrogen (secondary N) is 2. The monoisotopic (exact) mass is 271 g/mol. The lowest BCUT2D eigenvalue weighted by Crippen LogP contribution is -2.18. The quantitative estimate of drug-likeness (QED) is 0.730. The summed E-state index contributed by atoms with van der Waals surface area (Å²) in [5.74, 6) is 0.572. The van der Waals surface area contributed by atoms with Gasteiger partial charge in [-0.15, -0.1) is 0 Å². The van der Waals surface area contributed by atoms with Crippen LogP contribution in [0.3, 0.4) is 0 Å². The SMILES string of the molecule is CNC(=O)c1ccc(N)c(NCc2ccnc(C)n2)c1. The molecule has 0 radical (unpaired) electrons. The molecule has 0 fully saturated rings. The van der Waals surface area contributed by atoms with E-state index in [9.17, 15) is 4.79 Å². The number of aromatic nitrogens is 2. The highest BCUT2D eigenvalue weighted by atomic mass is 16.1. The third-order valence-electron chi connectivity index (χ3n) is 2.84. The van der Waals surface area contributed by atoms with Crippen molar-refractivity contribution in [3.8, 4) is 0 Å². The summed E-state index contributed by atoms with van der Waals surface area (Å²) in [5.41, 5.74) is 8.62. The summed E-state index contributed by atoms with van der Waals surface area (Å²) in [6.45, 7) is 2.36. The molecule has 0 bridgehead atoms. The second kappa shape index (κ2) is 6.01. The third kappa shape index (κ3) is 3.23. The molecule has 6 nitrogen and oxygen atoms in total. The summed E-state index contributed by atoms with van der Waals surface area (Å²) >= 11 is 0. The molecule has 20 heavy (non-hydrogen) atoms. The Hall–Kier alpha value is -2.63. The van der Waals surface area contributed by atoms with Crippen LogP contribution in [0.15, 0.2) is 30.5 Å². The number of rotatable bonds is 4. The first-order valence-corrected chi connectivity index (χ1v) is 6.24. The maximum atomic E-state index is 11.6. The predicted octanol–water partition coefficient (Wildman–Crippen LogP) is 1.34. The van der Waals surface area contributed by atoms with E-state index in [4.69, 9.17) is 5.73 Å². The van der Waals surface area contributed by atoms with Crippen LogP contribution in [-0.4, -0.2) is 22.9 Å². The van der Waals surface area contributed by atoms with Crippen LogP contribution in [0.5, 0.6) is 0 Å². The Morgan fingerprint density at radius 2 is 2.15 bits per heavy atom. The fourth-order valence-corrected chi connectivity index (χ4v) is 1.78. The van der Waals surface area contributed by atoms with E-state index in [1.807, 2.05) is 13.0 Å². The van der Waals surface area contributed by atoms with Crippen molar-refractivity contribution in [2.45, 2.75) is 13.5 Å². The van der Waals surface area contributed by atoms with Gasteiger partial charge in [-0.2, -0.15) is 0 Å². The van der Waals surface area contributed by atoms with Crippen molar-refractivity contribution in [1.29, 1.82) is 0 Å². The summed E-state index contributed by atoms with van der Waals surface area (Å²) in [5, 5.41) is 5.76. The maximum Gasteiger partial charge on any atom is 0.251 e. The first kappa shape index (κ1) is 13.8. The Balaban J connectivity index is 2.14. The molecule has 2 rings (SSSR count). The van der Waals surface area contributed by atoms with Gasteiger partial charge < -0.3 is 16.4 Å². The van der Waals surface area contributed by atoms with Crippen LogP contribution in [0.4, 0.5) is 11.4 Å². The van der Waals surface area contributed by atoms with Crippen LogP contribution in [0, 0.1) is 6.92 Å². The molecule has 2 aromatic rings. The Bertz CT molecular complexity index is 627. The molecule has 0 saturated carbocycles. The highest BCUT2D eigenvalue weighted by Gasteiger charge is 2.07. The number of aryl methyl sites for hydroxylation is 1. The van der Waals surface area contributed by atoms with E-state index in [2.05, 4.69) is 20.6 Å². The van der Waals surface area contributed by atoms with Gasteiger partial charge in [0.1, 0.15) is 5.82 Å². The minimum atomic E-state index is -0.147. The molecule has 104 valence electrons. The molecule has 0 aliphatic heterocycles. The molecule has 1 amide bonds. The van der Waals surface area contributed by atoms with E-state index < -0.39 is 0 Å². The van der Waals surface area contributed by atoms with E-state index in [0.29, 0.717) is 23.5 Å². The zero-order chi connectivity index (χ0) is 14.5. The van der Waals surface area contributed by atoms with Gasteiger partial charge >= 0.3 is 0 Å². The smallest absolute Gasteiger partial charge is 0.251 e. The molecule has 0 saturated heterocycles. The van der Waals surface area contributed by atoms with Crippen molar-refractivity contribution in [1.82, 2.24) is 15.3 Å². The number of benzene rings is 1. The number of nitrogens with zero attached hydrogens (tertiary/aromatic N) is 2. The second-order valence-corrected chi connectivity index (χ2v) is 4.33. The molecule has 0 unspecified atom stereocenters. The predicted molar refractivity (Wildman–Crippen MR) is 78.3 cm³/mol. The second-order valence-electron chi connectivity index (χ2n) is 4.33. The van der Waals surface area contributed by atoms with Crippen molar-refractivity contribution >= 4 is 17.3 Å². The maximum absolute atomic E-state index is 11.6. The van der Waals surface area contributed by atoms with Crippen LogP contribution in [-0.2, 0) is 6.54 Å². The van der Waals surface area contributed by atoms with E-state index in [1.54, 1.807) is 31.4 Å². The lowest BCUT2D eigenvalue weighted by Gasteiger charge is -2.11. The lowest BCUT2D eigenvalue weighted by molar-refractivity contribution is 0.0963. The van der Waals surface area contributed by atoms with Crippen molar-refractivity contribution in [3.05, 3.63) is 47.5 Å². The zero-order valence-electron chi connectivity index (χ0n) is 11.5. The van der Waals surface area contributed by atoms with Gasteiger partial charge in [0.25, 0.3) is 5.91 Å². The lowest BCUT2D eigenvalue weighted by atomic mass is 10.1. The fourth-order valence-electron chi connectivity index (χ4n) is 1.78. The Morgan fingerprint density at radius 1 is 1.35 bits per heavy atom. The zero-order valence-corrected chi connectivity index (χ0v) is 11.5. The first-order valence-electron chi connectivity index (χ1n) is 6.24. The Labute approximate surface area is 117 Å². The van der Waals surface area contributed by atoms with Crippen molar-refractivity contribution in [3.63, 3.8) is 0 Å². The number of anilines is 2. The van der Waals surface area contributed by atoms with E-state index in [0.717, 1.165) is 11.5 Å². The first-order chi connectivity index (χ1) is 9.60. The van der Waals surface area contributed by atoms with Crippen molar-refractivity contribution < 1.29 is 4.79 Å². The fraction of sp³-hybridized carbons (Fsp3) is 0.214. The van der Waals surface area contributed by atoms with Crippen molar-refractivity contribution in [2.75, 3.05) is 18.1 Å². The van der Waals surface area contributed by atoms with Crippen LogP contribution >= 0.6 is 0 Å². The molecule has 1 heterocycles. The van der Waals surface area contributed by atoms with E-state index in [-0.39, 0.29) is 5.91 Å². The van der Waals surface area contributed by atoms with Gasteiger partial charge in [0, 0.05) is 18.8 Å². The molecule has 1 aromatic heterocycles. The third-order valence-corrected chi connectivity index (χ3v) is 2.84. The number of carbonyl (C=O) groups excluding carboxylic acids is 1. The molecule has 4 N–H and O–H groups in total. The van der Waals surface area contributed by atoms with Gasteiger partial charge in [-0.25, -0.2) is 9.97 Å². The number of hydrogen-bond donors (Lipinski definition) is 3. The molecule has 0 spiro atoms. The molecule has 0 aliphatic rings. The molecule has 0 atom stereocenters.